The summed E-state index contributed by atoms with van der Waals surface area (Å²) in [5.74, 6) is -0.208. The molecule has 1 aliphatic heterocycles. The Hall–Kier alpha value is -1.79. The molecule has 0 amide bonds. The van der Waals surface area contributed by atoms with Gasteiger partial charge in [0.05, 0.1) is 31.1 Å². The van der Waals surface area contributed by atoms with E-state index in [4.69, 9.17) is 4.74 Å². The summed E-state index contributed by atoms with van der Waals surface area (Å²) in [7, 11) is 0. The Morgan fingerprint density at radius 1 is 1.47 bits per heavy atom. The molecule has 0 saturated carbocycles. The van der Waals surface area contributed by atoms with E-state index < -0.39 is 0 Å². The number of benzene rings is 1. The number of hydrogen-bond donors (Lipinski definition) is 1. The zero-order valence-electron chi connectivity index (χ0n) is 10.4. The van der Waals surface area contributed by atoms with Crippen molar-refractivity contribution in [2.24, 2.45) is 0 Å². The highest BCUT2D eigenvalue weighted by Gasteiger charge is 2.19. The van der Waals surface area contributed by atoms with Crippen LogP contribution in [0.3, 0.4) is 0 Å². The van der Waals surface area contributed by atoms with E-state index in [1.54, 1.807) is 12.3 Å². The molecule has 0 unspecified atom stereocenters. The van der Waals surface area contributed by atoms with Crippen LogP contribution in [0.1, 0.15) is 11.3 Å². The molecular formula is C13H15FN4O. The van der Waals surface area contributed by atoms with Gasteiger partial charge in [-0.15, -0.1) is 5.10 Å². The molecule has 0 fully saturated rings. The predicted molar refractivity (Wildman–Crippen MR) is 66.7 cm³/mol. The average molecular weight is 262 g/mol. The Morgan fingerprint density at radius 2 is 2.42 bits per heavy atom. The minimum atomic E-state index is -0.208. The number of aromatic nitrogens is 3. The van der Waals surface area contributed by atoms with Crippen molar-refractivity contribution >= 4 is 0 Å². The second kappa shape index (κ2) is 5.46. The highest BCUT2D eigenvalue weighted by Crippen LogP contribution is 2.11. The molecule has 1 atom stereocenters. The predicted octanol–water partition coefficient (Wildman–Crippen LogP) is 1.11. The fourth-order valence-corrected chi connectivity index (χ4v) is 2.14. The van der Waals surface area contributed by atoms with Crippen LogP contribution in [0.4, 0.5) is 4.39 Å². The summed E-state index contributed by atoms with van der Waals surface area (Å²) in [4.78, 5) is 0. The fourth-order valence-electron chi connectivity index (χ4n) is 2.14. The summed E-state index contributed by atoms with van der Waals surface area (Å²) < 4.78 is 20.6. The minimum absolute atomic E-state index is 0.0720. The average Bonchev–Trinajstić information content (AvgIpc) is 2.86. The Balaban J connectivity index is 1.49. The molecule has 6 heteroatoms. The van der Waals surface area contributed by atoms with Gasteiger partial charge in [0.1, 0.15) is 5.82 Å². The Morgan fingerprint density at radius 3 is 3.32 bits per heavy atom. The van der Waals surface area contributed by atoms with Crippen molar-refractivity contribution in [2.45, 2.75) is 25.8 Å². The number of ether oxygens (including phenoxy) is 1. The molecule has 0 bridgehead atoms. The van der Waals surface area contributed by atoms with E-state index in [9.17, 15) is 4.39 Å². The summed E-state index contributed by atoms with van der Waals surface area (Å²) >= 11 is 0. The molecule has 1 N–H and O–H groups in total. The molecule has 3 rings (SSSR count). The fraction of sp³-hybridized carbons (Fsp3) is 0.385. The van der Waals surface area contributed by atoms with Crippen LogP contribution in [0, 0.1) is 5.82 Å². The lowest BCUT2D eigenvalue weighted by molar-refractivity contribution is 0.000979. The van der Waals surface area contributed by atoms with Crippen molar-refractivity contribution in [1.29, 1.82) is 0 Å². The molecule has 0 radical (unpaired) electrons. The van der Waals surface area contributed by atoms with Gasteiger partial charge in [-0.1, -0.05) is 17.3 Å². The van der Waals surface area contributed by atoms with Gasteiger partial charge in [-0.25, -0.2) is 9.07 Å². The van der Waals surface area contributed by atoms with Crippen LogP contribution in [-0.2, 0) is 24.4 Å². The van der Waals surface area contributed by atoms with Gasteiger partial charge in [0, 0.05) is 13.1 Å². The summed E-state index contributed by atoms with van der Waals surface area (Å²) in [5.41, 5.74) is 1.93. The molecule has 19 heavy (non-hydrogen) atoms. The topological polar surface area (TPSA) is 52.0 Å². The van der Waals surface area contributed by atoms with Crippen LogP contribution in [-0.4, -0.2) is 27.6 Å². The van der Waals surface area contributed by atoms with Crippen molar-refractivity contribution < 1.29 is 9.13 Å². The van der Waals surface area contributed by atoms with Gasteiger partial charge < -0.3 is 10.1 Å². The van der Waals surface area contributed by atoms with E-state index in [1.807, 2.05) is 10.7 Å². The SMILES string of the molecule is Fc1cccc(CNC[C@@H]2Cn3nncc3CO2)c1. The Bertz CT molecular complexity index is 557. The van der Waals surface area contributed by atoms with Crippen LogP contribution in [0.5, 0.6) is 0 Å². The number of hydrogen-bond acceptors (Lipinski definition) is 4. The maximum atomic E-state index is 13.0. The summed E-state index contributed by atoms with van der Waals surface area (Å²) in [6, 6.07) is 6.59. The number of fused-ring (bicyclic) bond motifs is 1. The second-order valence-electron chi connectivity index (χ2n) is 4.60. The molecule has 2 heterocycles. The van der Waals surface area contributed by atoms with Crippen LogP contribution in [0.25, 0.3) is 0 Å². The van der Waals surface area contributed by atoms with E-state index in [1.165, 1.54) is 12.1 Å². The monoisotopic (exact) mass is 262 g/mol. The minimum Gasteiger partial charge on any atom is -0.369 e. The normalized spacial score (nSPS) is 18.3. The van der Waals surface area contributed by atoms with Crippen LogP contribution < -0.4 is 5.32 Å². The molecule has 5 nitrogen and oxygen atoms in total. The molecule has 1 aliphatic rings. The van der Waals surface area contributed by atoms with Crippen molar-refractivity contribution in [3.8, 4) is 0 Å². The number of halogens is 1. The summed E-state index contributed by atoms with van der Waals surface area (Å²) in [6.07, 6.45) is 1.79. The van der Waals surface area contributed by atoms with Gasteiger partial charge in [-0.2, -0.15) is 0 Å². The Labute approximate surface area is 110 Å². The van der Waals surface area contributed by atoms with Gasteiger partial charge in [0.15, 0.2) is 0 Å². The highest BCUT2D eigenvalue weighted by atomic mass is 19.1. The van der Waals surface area contributed by atoms with Crippen LogP contribution >= 0.6 is 0 Å². The van der Waals surface area contributed by atoms with Gasteiger partial charge in [0.25, 0.3) is 0 Å². The third kappa shape index (κ3) is 2.97. The molecule has 0 aliphatic carbocycles. The molecule has 2 aromatic rings. The zero-order chi connectivity index (χ0) is 13.1. The standard InChI is InChI=1S/C13H15FN4O/c14-11-3-1-2-10(4-11)5-15-7-13-8-18-12(9-19-13)6-16-17-18/h1-4,6,13,15H,5,7-9H2/t13-/m1/s1. The third-order valence-corrected chi connectivity index (χ3v) is 3.13. The van der Waals surface area contributed by atoms with Gasteiger partial charge in [0.2, 0.25) is 0 Å². The first-order valence-corrected chi connectivity index (χ1v) is 6.25. The lowest BCUT2D eigenvalue weighted by Gasteiger charge is -2.23. The molecular weight excluding hydrogens is 247 g/mol. The van der Waals surface area contributed by atoms with Crippen LogP contribution in [0.2, 0.25) is 0 Å². The quantitative estimate of drug-likeness (QED) is 0.896. The maximum Gasteiger partial charge on any atom is 0.123 e. The van der Waals surface area contributed by atoms with Crippen molar-refractivity contribution in [3.63, 3.8) is 0 Å². The van der Waals surface area contributed by atoms with E-state index in [-0.39, 0.29) is 11.9 Å². The van der Waals surface area contributed by atoms with E-state index in [0.717, 1.165) is 11.3 Å². The van der Waals surface area contributed by atoms with Crippen molar-refractivity contribution in [3.05, 3.63) is 47.5 Å². The molecule has 1 aromatic carbocycles. The second-order valence-corrected chi connectivity index (χ2v) is 4.60. The van der Waals surface area contributed by atoms with Crippen molar-refractivity contribution in [1.82, 2.24) is 20.3 Å². The first kappa shape index (κ1) is 12.3. The number of nitrogens with one attached hydrogen (secondary N) is 1. The number of nitrogens with zero attached hydrogens (tertiary/aromatic N) is 3. The molecule has 1 aromatic heterocycles. The lowest BCUT2D eigenvalue weighted by atomic mass is 10.2. The third-order valence-electron chi connectivity index (χ3n) is 3.13. The first-order chi connectivity index (χ1) is 9.31. The number of rotatable bonds is 4. The molecule has 100 valence electrons. The maximum absolute atomic E-state index is 13.0. The largest absolute Gasteiger partial charge is 0.369 e. The van der Waals surface area contributed by atoms with Gasteiger partial charge in [-0.05, 0) is 17.7 Å². The molecule has 0 saturated heterocycles. The summed E-state index contributed by atoms with van der Waals surface area (Å²) in [6.45, 7) is 2.57. The Kier molecular flexibility index (Phi) is 3.52. The lowest BCUT2D eigenvalue weighted by Crippen LogP contribution is -2.36. The zero-order valence-corrected chi connectivity index (χ0v) is 10.4. The highest BCUT2D eigenvalue weighted by molar-refractivity contribution is 5.15. The van der Waals surface area contributed by atoms with Gasteiger partial charge >= 0.3 is 0 Å². The summed E-state index contributed by atoms with van der Waals surface area (Å²) in [5, 5.41) is 11.1. The van der Waals surface area contributed by atoms with Crippen molar-refractivity contribution in [2.75, 3.05) is 6.54 Å². The van der Waals surface area contributed by atoms with E-state index in [0.29, 0.717) is 26.2 Å². The van der Waals surface area contributed by atoms with Gasteiger partial charge in [-0.3, -0.25) is 0 Å². The molecule has 0 spiro atoms. The first-order valence-electron chi connectivity index (χ1n) is 6.25. The van der Waals surface area contributed by atoms with Crippen LogP contribution in [0.15, 0.2) is 30.5 Å². The smallest absolute Gasteiger partial charge is 0.123 e. The van der Waals surface area contributed by atoms with E-state index in [2.05, 4.69) is 15.6 Å². The van der Waals surface area contributed by atoms with E-state index >= 15 is 0 Å².